The molecule has 0 spiro atoms. The van der Waals surface area contributed by atoms with E-state index in [0.29, 0.717) is 0 Å². The van der Waals surface area contributed by atoms with Gasteiger partial charge in [-0.3, -0.25) is 0 Å². The second-order valence-corrected chi connectivity index (χ2v) is 8.15. The molecule has 2 saturated heterocycles. The van der Waals surface area contributed by atoms with Crippen molar-refractivity contribution in [3.8, 4) is 0 Å². The molecule has 6 nitrogen and oxygen atoms in total. The van der Waals surface area contributed by atoms with Crippen LogP contribution in [0.3, 0.4) is 0 Å². The van der Waals surface area contributed by atoms with Crippen molar-refractivity contribution in [1.29, 1.82) is 0 Å². The minimum absolute atomic E-state index is 0.884. The molecule has 2 aromatic rings. The van der Waals surface area contributed by atoms with Gasteiger partial charge in [-0.2, -0.15) is 4.98 Å². The summed E-state index contributed by atoms with van der Waals surface area (Å²) in [6, 6.07) is 8.72. The van der Waals surface area contributed by atoms with Crippen LogP contribution in [0.1, 0.15) is 16.8 Å². The summed E-state index contributed by atoms with van der Waals surface area (Å²) in [4.78, 5) is 19.3. The normalized spacial score (nSPS) is 18.6. The molecule has 0 aliphatic carbocycles. The first-order valence-electron chi connectivity index (χ1n) is 10.4. The Labute approximate surface area is 168 Å². The number of aromatic nitrogens is 2. The molecule has 2 aliphatic rings. The molecule has 0 saturated carbocycles. The molecular formula is C22H32N6. The number of rotatable bonds is 3. The van der Waals surface area contributed by atoms with Gasteiger partial charge in [0.2, 0.25) is 5.95 Å². The molecule has 1 aromatic heterocycles. The lowest BCUT2D eigenvalue weighted by Crippen LogP contribution is -2.48. The quantitative estimate of drug-likeness (QED) is 0.815. The number of hydrogen-bond donors (Lipinski definition) is 0. The first-order chi connectivity index (χ1) is 13.5. The highest BCUT2D eigenvalue weighted by molar-refractivity contribution is 5.57. The third-order valence-corrected chi connectivity index (χ3v) is 6.14. The molecule has 28 heavy (non-hydrogen) atoms. The van der Waals surface area contributed by atoms with Crippen molar-refractivity contribution in [3.05, 3.63) is 41.1 Å². The SMILES string of the molecule is Cc1cc(N2CCN(C)CC2)nc(N2CCN(c3cccc(C)c3C)CC2)n1. The molecule has 6 heteroatoms. The van der Waals surface area contributed by atoms with Gasteiger partial charge in [0, 0.05) is 69.8 Å². The summed E-state index contributed by atoms with van der Waals surface area (Å²) < 4.78 is 0. The van der Waals surface area contributed by atoms with Crippen molar-refractivity contribution in [3.63, 3.8) is 0 Å². The van der Waals surface area contributed by atoms with E-state index in [-0.39, 0.29) is 0 Å². The lowest BCUT2D eigenvalue weighted by atomic mass is 10.1. The Hall–Kier alpha value is -2.34. The van der Waals surface area contributed by atoms with Crippen LogP contribution < -0.4 is 14.7 Å². The van der Waals surface area contributed by atoms with Crippen molar-refractivity contribution in [2.75, 3.05) is 74.1 Å². The number of anilines is 3. The highest BCUT2D eigenvalue weighted by atomic mass is 15.3. The maximum atomic E-state index is 4.94. The number of piperazine rings is 2. The molecule has 2 aliphatic heterocycles. The Bertz CT molecular complexity index is 820. The monoisotopic (exact) mass is 380 g/mol. The van der Waals surface area contributed by atoms with E-state index >= 15 is 0 Å². The number of aryl methyl sites for hydroxylation is 2. The number of likely N-dealkylation sites (N-methyl/N-ethyl adjacent to an activating group) is 1. The summed E-state index contributed by atoms with van der Waals surface area (Å²) in [5.74, 6) is 1.96. The first-order valence-corrected chi connectivity index (χ1v) is 10.4. The summed E-state index contributed by atoms with van der Waals surface area (Å²) in [6.07, 6.45) is 0. The summed E-state index contributed by atoms with van der Waals surface area (Å²) >= 11 is 0. The van der Waals surface area contributed by atoms with Crippen molar-refractivity contribution in [2.24, 2.45) is 0 Å². The minimum Gasteiger partial charge on any atom is -0.368 e. The molecule has 150 valence electrons. The number of hydrogen-bond acceptors (Lipinski definition) is 6. The zero-order valence-corrected chi connectivity index (χ0v) is 17.6. The van der Waals surface area contributed by atoms with Crippen LogP contribution in [0.25, 0.3) is 0 Å². The molecule has 0 amide bonds. The number of benzene rings is 1. The molecule has 0 bridgehead atoms. The van der Waals surface area contributed by atoms with Gasteiger partial charge < -0.3 is 19.6 Å². The van der Waals surface area contributed by atoms with Crippen LogP contribution in [-0.2, 0) is 0 Å². The van der Waals surface area contributed by atoms with Crippen molar-refractivity contribution >= 4 is 17.5 Å². The third kappa shape index (κ3) is 3.92. The fourth-order valence-electron chi connectivity index (χ4n) is 4.10. The molecule has 4 rings (SSSR count). The topological polar surface area (TPSA) is 38.7 Å². The van der Waals surface area contributed by atoms with E-state index < -0.39 is 0 Å². The van der Waals surface area contributed by atoms with E-state index in [1.54, 1.807) is 0 Å². The van der Waals surface area contributed by atoms with Crippen LogP contribution in [0.5, 0.6) is 0 Å². The van der Waals surface area contributed by atoms with E-state index in [9.17, 15) is 0 Å². The fourth-order valence-corrected chi connectivity index (χ4v) is 4.10. The van der Waals surface area contributed by atoms with Gasteiger partial charge in [0.05, 0.1) is 0 Å². The van der Waals surface area contributed by atoms with Crippen LogP contribution in [-0.4, -0.2) is 74.3 Å². The van der Waals surface area contributed by atoms with Gasteiger partial charge in [-0.1, -0.05) is 12.1 Å². The Morgan fingerprint density at radius 1 is 0.750 bits per heavy atom. The zero-order chi connectivity index (χ0) is 19.7. The summed E-state index contributed by atoms with van der Waals surface area (Å²) in [5.41, 5.74) is 5.16. The van der Waals surface area contributed by atoms with Crippen LogP contribution in [0, 0.1) is 20.8 Å². The first kappa shape index (κ1) is 19.0. The molecule has 0 radical (unpaired) electrons. The molecule has 1 aromatic carbocycles. The van der Waals surface area contributed by atoms with Gasteiger partial charge in [-0.15, -0.1) is 0 Å². The number of nitrogens with zero attached hydrogens (tertiary/aromatic N) is 6. The van der Waals surface area contributed by atoms with E-state index in [2.05, 4.69) is 71.7 Å². The lowest BCUT2D eigenvalue weighted by Gasteiger charge is -2.38. The van der Waals surface area contributed by atoms with E-state index in [1.165, 1.54) is 16.8 Å². The Balaban J connectivity index is 1.46. The predicted octanol–water partition coefficient (Wildman–Crippen LogP) is 2.48. The van der Waals surface area contributed by atoms with Crippen LogP contribution in [0.4, 0.5) is 17.5 Å². The summed E-state index contributed by atoms with van der Waals surface area (Å²) in [6.45, 7) is 14.7. The van der Waals surface area contributed by atoms with Crippen LogP contribution in [0.2, 0.25) is 0 Å². The van der Waals surface area contributed by atoms with Gasteiger partial charge in [0.25, 0.3) is 0 Å². The van der Waals surface area contributed by atoms with Gasteiger partial charge in [-0.05, 0) is 45.0 Å². The molecule has 0 N–H and O–H groups in total. The Kier molecular flexibility index (Phi) is 5.40. The Morgan fingerprint density at radius 2 is 1.39 bits per heavy atom. The van der Waals surface area contributed by atoms with E-state index in [4.69, 9.17) is 9.97 Å². The smallest absolute Gasteiger partial charge is 0.227 e. The fraction of sp³-hybridized carbons (Fsp3) is 0.545. The molecule has 2 fully saturated rings. The average molecular weight is 381 g/mol. The average Bonchev–Trinajstić information content (AvgIpc) is 2.70. The van der Waals surface area contributed by atoms with Gasteiger partial charge in [0.1, 0.15) is 5.82 Å². The third-order valence-electron chi connectivity index (χ3n) is 6.14. The van der Waals surface area contributed by atoms with Gasteiger partial charge in [-0.25, -0.2) is 4.98 Å². The van der Waals surface area contributed by atoms with Gasteiger partial charge >= 0.3 is 0 Å². The zero-order valence-electron chi connectivity index (χ0n) is 17.6. The predicted molar refractivity (Wildman–Crippen MR) is 117 cm³/mol. The van der Waals surface area contributed by atoms with Crippen molar-refractivity contribution < 1.29 is 0 Å². The standard InChI is InChI=1S/C22H32N6/c1-17-6-5-7-20(19(17)3)26-12-14-28(15-13-26)22-23-18(2)16-21(24-22)27-10-8-25(4)9-11-27/h5-7,16H,8-15H2,1-4H3. The van der Waals surface area contributed by atoms with Crippen LogP contribution >= 0.6 is 0 Å². The minimum atomic E-state index is 0.884. The van der Waals surface area contributed by atoms with Crippen LogP contribution in [0.15, 0.2) is 24.3 Å². The summed E-state index contributed by atoms with van der Waals surface area (Å²) in [7, 11) is 2.18. The molecule has 0 unspecified atom stereocenters. The summed E-state index contributed by atoms with van der Waals surface area (Å²) in [5, 5.41) is 0. The van der Waals surface area contributed by atoms with Gasteiger partial charge in [0.15, 0.2) is 0 Å². The molecular weight excluding hydrogens is 348 g/mol. The largest absolute Gasteiger partial charge is 0.368 e. The highest BCUT2D eigenvalue weighted by Crippen LogP contribution is 2.25. The van der Waals surface area contributed by atoms with Crippen molar-refractivity contribution in [1.82, 2.24) is 14.9 Å². The van der Waals surface area contributed by atoms with Crippen molar-refractivity contribution in [2.45, 2.75) is 20.8 Å². The highest BCUT2D eigenvalue weighted by Gasteiger charge is 2.23. The van der Waals surface area contributed by atoms with E-state index in [0.717, 1.165) is 69.8 Å². The Morgan fingerprint density at radius 3 is 2.11 bits per heavy atom. The second kappa shape index (κ2) is 7.95. The molecule has 0 atom stereocenters. The van der Waals surface area contributed by atoms with E-state index in [1.807, 2.05) is 0 Å². The second-order valence-electron chi connectivity index (χ2n) is 8.15. The molecule has 3 heterocycles. The maximum Gasteiger partial charge on any atom is 0.227 e. The lowest BCUT2D eigenvalue weighted by molar-refractivity contribution is 0.312. The maximum absolute atomic E-state index is 4.94.